The molecule has 2 aromatic heterocycles. The fourth-order valence-electron chi connectivity index (χ4n) is 7.37. The number of para-hydroxylation sites is 1. The van der Waals surface area contributed by atoms with Gasteiger partial charge in [0.25, 0.3) is 0 Å². The second kappa shape index (κ2) is 9.08. The van der Waals surface area contributed by atoms with Crippen molar-refractivity contribution in [2.45, 2.75) is 26.3 Å². The van der Waals surface area contributed by atoms with E-state index in [-0.39, 0.29) is 5.54 Å². The van der Waals surface area contributed by atoms with Crippen molar-refractivity contribution in [1.29, 1.82) is 0 Å². The molecule has 9 aromatic rings. The molecule has 0 unspecified atom stereocenters. The third-order valence-electron chi connectivity index (χ3n) is 9.26. The normalized spacial score (nSPS) is 12.4. The summed E-state index contributed by atoms with van der Waals surface area (Å²) in [5, 5.41) is 10.2. The van der Waals surface area contributed by atoms with Crippen LogP contribution in [0.1, 0.15) is 20.8 Å². The molecule has 0 bridgehead atoms. The third-order valence-corrected chi connectivity index (χ3v) is 9.26. The molecule has 0 saturated carbocycles. The van der Waals surface area contributed by atoms with Gasteiger partial charge in [-0.3, -0.25) is 0 Å². The standard InChI is InChI=1S/C42H32N2/c1-42(2,3)44-38-19-10-9-18-34(38)36-25-40-37(26-41(36)44)35-23-31-20-28-14-7-8-15-29(28)21-32(31)24-39(35)43(40)33-17-11-16-30(22-33)27-12-5-4-6-13-27/h4-26H,1-3H3. The molecule has 0 radical (unpaired) electrons. The molecule has 0 fully saturated rings. The Balaban J connectivity index is 1.45. The van der Waals surface area contributed by atoms with Crippen molar-refractivity contribution in [3.8, 4) is 16.8 Å². The highest BCUT2D eigenvalue weighted by Gasteiger charge is 2.23. The van der Waals surface area contributed by atoms with Crippen LogP contribution < -0.4 is 0 Å². The summed E-state index contributed by atoms with van der Waals surface area (Å²) in [5.74, 6) is 0. The molecule has 0 saturated heterocycles. The molecular weight excluding hydrogens is 532 g/mol. The summed E-state index contributed by atoms with van der Waals surface area (Å²) in [6, 6.07) is 51.6. The van der Waals surface area contributed by atoms with Crippen LogP contribution in [0.4, 0.5) is 0 Å². The van der Waals surface area contributed by atoms with Gasteiger partial charge in [0.2, 0.25) is 0 Å². The maximum absolute atomic E-state index is 2.52. The van der Waals surface area contributed by atoms with Gasteiger partial charge in [-0.2, -0.15) is 0 Å². The van der Waals surface area contributed by atoms with E-state index in [1.165, 1.54) is 82.0 Å². The van der Waals surface area contributed by atoms with Gasteiger partial charge in [-0.25, -0.2) is 0 Å². The monoisotopic (exact) mass is 564 g/mol. The van der Waals surface area contributed by atoms with Crippen LogP contribution in [-0.2, 0) is 5.54 Å². The quantitative estimate of drug-likeness (QED) is 0.185. The smallest absolute Gasteiger partial charge is 0.0548 e. The van der Waals surface area contributed by atoms with Crippen molar-refractivity contribution in [3.05, 3.63) is 140 Å². The maximum atomic E-state index is 2.52. The van der Waals surface area contributed by atoms with E-state index in [9.17, 15) is 0 Å². The lowest BCUT2D eigenvalue weighted by Gasteiger charge is -2.24. The van der Waals surface area contributed by atoms with Crippen molar-refractivity contribution in [2.75, 3.05) is 0 Å². The van der Waals surface area contributed by atoms with Gasteiger partial charge in [0, 0.05) is 38.3 Å². The highest BCUT2D eigenvalue weighted by Crippen LogP contribution is 2.42. The lowest BCUT2D eigenvalue weighted by atomic mass is 10.0. The molecule has 44 heavy (non-hydrogen) atoms. The number of fused-ring (bicyclic) bond motifs is 8. The minimum absolute atomic E-state index is 0.0664. The summed E-state index contributed by atoms with van der Waals surface area (Å²) >= 11 is 0. The van der Waals surface area contributed by atoms with E-state index in [2.05, 4.69) is 169 Å². The summed E-state index contributed by atoms with van der Waals surface area (Å²) in [5.41, 5.74) is 8.57. The van der Waals surface area contributed by atoms with Crippen molar-refractivity contribution < 1.29 is 0 Å². The number of hydrogen-bond acceptors (Lipinski definition) is 0. The Kier molecular flexibility index (Phi) is 5.20. The molecular formula is C42H32N2. The minimum atomic E-state index is -0.0664. The van der Waals surface area contributed by atoms with Crippen molar-refractivity contribution in [3.63, 3.8) is 0 Å². The van der Waals surface area contributed by atoms with E-state index in [4.69, 9.17) is 0 Å². The molecule has 7 aromatic carbocycles. The van der Waals surface area contributed by atoms with Gasteiger partial charge in [-0.05, 0) is 108 Å². The molecule has 0 atom stereocenters. The Morgan fingerprint density at radius 3 is 1.75 bits per heavy atom. The zero-order chi connectivity index (χ0) is 29.6. The van der Waals surface area contributed by atoms with Crippen LogP contribution >= 0.6 is 0 Å². The van der Waals surface area contributed by atoms with Crippen LogP contribution in [0.5, 0.6) is 0 Å². The third kappa shape index (κ3) is 3.67. The summed E-state index contributed by atoms with van der Waals surface area (Å²) < 4.78 is 5.00. The van der Waals surface area contributed by atoms with Crippen molar-refractivity contribution in [2.24, 2.45) is 0 Å². The van der Waals surface area contributed by atoms with Crippen LogP contribution in [0.25, 0.3) is 82.0 Å². The van der Waals surface area contributed by atoms with Crippen molar-refractivity contribution in [1.82, 2.24) is 9.13 Å². The molecule has 0 N–H and O–H groups in total. The Bertz CT molecular complexity index is 2570. The zero-order valence-electron chi connectivity index (χ0n) is 25.2. The zero-order valence-corrected chi connectivity index (χ0v) is 25.2. The fraction of sp³-hybridized carbons (Fsp3) is 0.0952. The average Bonchev–Trinajstić information content (AvgIpc) is 3.53. The molecule has 210 valence electrons. The van der Waals surface area contributed by atoms with E-state index in [1.807, 2.05) is 0 Å². The molecule has 9 rings (SSSR count). The van der Waals surface area contributed by atoms with Gasteiger partial charge < -0.3 is 9.13 Å². The SMILES string of the molecule is CC(C)(C)n1c2ccccc2c2cc3c(cc21)c1cc2cc4ccccc4cc2cc1n3-c1cccc(-c2ccccc2)c1. The summed E-state index contributed by atoms with van der Waals surface area (Å²) in [6.07, 6.45) is 0. The van der Waals surface area contributed by atoms with Crippen LogP contribution in [-0.4, -0.2) is 9.13 Å². The maximum Gasteiger partial charge on any atom is 0.0548 e. The second-order valence-corrected chi connectivity index (χ2v) is 13.1. The first-order valence-corrected chi connectivity index (χ1v) is 15.4. The second-order valence-electron chi connectivity index (χ2n) is 13.1. The van der Waals surface area contributed by atoms with Crippen LogP contribution in [0.3, 0.4) is 0 Å². The topological polar surface area (TPSA) is 9.86 Å². The van der Waals surface area contributed by atoms with E-state index >= 15 is 0 Å². The van der Waals surface area contributed by atoms with E-state index < -0.39 is 0 Å². The Hall–Kier alpha value is -5.34. The number of hydrogen-bond donors (Lipinski definition) is 0. The van der Waals surface area contributed by atoms with Gasteiger partial charge in [0.15, 0.2) is 0 Å². The molecule has 0 aliphatic carbocycles. The van der Waals surface area contributed by atoms with Gasteiger partial charge in [-0.15, -0.1) is 0 Å². The van der Waals surface area contributed by atoms with Crippen molar-refractivity contribution >= 4 is 65.2 Å². The predicted octanol–water partition coefficient (Wildman–Crippen LogP) is 11.6. The Morgan fingerprint density at radius 1 is 0.386 bits per heavy atom. The molecule has 0 aliphatic rings. The first kappa shape index (κ1) is 25.2. The molecule has 0 spiro atoms. The van der Waals surface area contributed by atoms with Gasteiger partial charge in [0.05, 0.1) is 16.6 Å². The number of aromatic nitrogens is 2. The lowest BCUT2D eigenvalue weighted by Crippen LogP contribution is -2.21. The summed E-state index contributed by atoms with van der Waals surface area (Å²) in [6.45, 7) is 6.92. The lowest BCUT2D eigenvalue weighted by molar-refractivity contribution is 0.423. The molecule has 2 heterocycles. The summed E-state index contributed by atoms with van der Waals surface area (Å²) in [4.78, 5) is 0. The number of nitrogens with zero attached hydrogens (tertiary/aromatic N) is 2. The van der Waals surface area contributed by atoms with E-state index in [0.717, 1.165) is 0 Å². The van der Waals surface area contributed by atoms with E-state index in [1.54, 1.807) is 0 Å². The Labute approximate surface area is 256 Å². The molecule has 0 amide bonds. The molecule has 2 nitrogen and oxygen atoms in total. The van der Waals surface area contributed by atoms with Crippen LogP contribution in [0.15, 0.2) is 140 Å². The minimum Gasteiger partial charge on any atom is -0.335 e. The first-order valence-electron chi connectivity index (χ1n) is 15.4. The van der Waals surface area contributed by atoms with Gasteiger partial charge in [-0.1, -0.05) is 84.9 Å². The highest BCUT2D eigenvalue weighted by molar-refractivity contribution is 6.20. The van der Waals surface area contributed by atoms with Gasteiger partial charge >= 0.3 is 0 Å². The number of rotatable bonds is 2. The Morgan fingerprint density at radius 2 is 0.977 bits per heavy atom. The largest absolute Gasteiger partial charge is 0.335 e. The number of benzene rings is 7. The predicted molar refractivity (Wildman–Crippen MR) is 189 cm³/mol. The summed E-state index contributed by atoms with van der Waals surface area (Å²) in [7, 11) is 0. The first-order chi connectivity index (χ1) is 21.4. The van der Waals surface area contributed by atoms with Crippen LogP contribution in [0.2, 0.25) is 0 Å². The average molecular weight is 565 g/mol. The highest BCUT2D eigenvalue weighted by atomic mass is 15.1. The van der Waals surface area contributed by atoms with Gasteiger partial charge in [0.1, 0.15) is 0 Å². The van der Waals surface area contributed by atoms with Crippen LogP contribution in [0, 0.1) is 0 Å². The molecule has 0 aliphatic heterocycles. The molecule has 2 heteroatoms. The van der Waals surface area contributed by atoms with E-state index in [0.29, 0.717) is 0 Å². The fourth-order valence-corrected chi connectivity index (χ4v) is 7.37.